The molecule has 0 amide bonds. The van der Waals surface area contributed by atoms with E-state index in [1.807, 2.05) is 6.07 Å². The van der Waals surface area contributed by atoms with E-state index in [1.54, 1.807) is 12.1 Å². The molecule has 0 fully saturated rings. The number of hydrogen-bond donors (Lipinski definition) is 1. The Morgan fingerprint density at radius 2 is 1.83 bits per heavy atom. The van der Waals surface area contributed by atoms with Crippen LogP contribution >= 0.6 is 0 Å². The van der Waals surface area contributed by atoms with E-state index in [0.717, 1.165) is 13.1 Å². The molecule has 0 saturated heterocycles. The SMILES string of the molecule is COC(=O)c1c(NS(=O)[O-])cccc1N(CC(C)C)CC(C)C. The molecule has 0 heterocycles. The van der Waals surface area contributed by atoms with E-state index < -0.39 is 17.2 Å². The maximum absolute atomic E-state index is 12.2. The Bertz CT molecular complexity index is 551. The highest BCUT2D eigenvalue weighted by atomic mass is 32.2. The second-order valence-corrected chi connectivity index (χ2v) is 6.89. The molecule has 0 aliphatic carbocycles. The first-order chi connectivity index (χ1) is 10.8. The van der Waals surface area contributed by atoms with E-state index in [1.165, 1.54) is 7.11 Å². The number of anilines is 2. The van der Waals surface area contributed by atoms with Crippen molar-refractivity contribution in [3.8, 4) is 0 Å². The van der Waals surface area contributed by atoms with E-state index in [-0.39, 0.29) is 11.3 Å². The molecule has 0 aliphatic heterocycles. The van der Waals surface area contributed by atoms with Gasteiger partial charge in [0.15, 0.2) is 0 Å². The average molecular weight is 341 g/mol. The lowest BCUT2D eigenvalue weighted by Gasteiger charge is -2.30. The normalized spacial score (nSPS) is 12.3. The fourth-order valence-corrected chi connectivity index (χ4v) is 2.80. The van der Waals surface area contributed by atoms with Gasteiger partial charge >= 0.3 is 5.97 Å². The van der Waals surface area contributed by atoms with Gasteiger partial charge in [0.25, 0.3) is 0 Å². The van der Waals surface area contributed by atoms with Crippen LogP contribution in [-0.2, 0) is 16.0 Å². The third kappa shape index (κ3) is 5.84. The molecular formula is C16H25N2O4S-. The maximum atomic E-state index is 12.2. The topological polar surface area (TPSA) is 81.7 Å². The van der Waals surface area contributed by atoms with E-state index >= 15 is 0 Å². The van der Waals surface area contributed by atoms with Crippen molar-refractivity contribution in [2.75, 3.05) is 29.8 Å². The molecule has 1 unspecified atom stereocenters. The molecule has 1 aromatic carbocycles. The van der Waals surface area contributed by atoms with Crippen LogP contribution in [0.4, 0.5) is 11.4 Å². The molecule has 0 aliphatic rings. The summed E-state index contributed by atoms with van der Waals surface area (Å²) in [6, 6.07) is 5.09. The summed E-state index contributed by atoms with van der Waals surface area (Å²) in [6.07, 6.45) is 0. The molecule has 1 rings (SSSR count). The van der Waals surface area contributed by atoms with Crippen molar-refractivity contribution >= 4 is 28.6 Å². The third-order valence-electron chi connectivity index (χ3n) is 3.14. The van der Waals surface area contributed by atoms with Crippen molar-refractivity contribution in [1.82, 2.24) is 0 Å². The zero-order valence-electron chi connectivity index (χ0n) is 14.3. The summed E-state index contributed by atoms with van der Waals surface area (Å²) in [4.78, 5) is 14.3. The predicted octanol–water partition coefficient (Wildman–Crippen LogP) is 2.80. The fourth-order valence-electron chi connectivity index (χ4n) is 2.45. The quantitative estimate of drug-likeness (QED) is 0.581. The smallest absolute Gasteiger partial charge is 0.342 e. The van der Waals surface area contributed by atoms with Crippen molar-refractivity contribution in [3.63, 3.8) is 0 Å². The lowest BCUT2D eigenvalue weighted by Crippen LogP contribution is -2.33. The molecule has 1 atom stereocenters. The minimum atomic E-state index is -2.51. The highest BCUT2D eigenvalue weighted by molar-refractivity contribution is 7.80. The highest BCUT2D eigenvalue weighted by Crippen LogP contribution is 2.30. The first-order valence-electron chi connectivity index (χ1n) is 7.58. The van der Waals surface area contributed by atoms with Crippen molar-refractivity contribution in [1.29, 1.82) is 0 Å². The molecule has 7 heteroatoms. The van der Waals surface area contributed by atoms with Gasteiger partial charge in [0, 0.05) is 24.4 Å². The molecule has 1 N–H and O–H groups in total. The Morgan fingerprint density at radius 3 is 2.26 bits per heavy atom. The van der Waals surface area contributed by atoms with Gasteiger partial charge in [0.2, 0.25) is 0 Å². The summed E-state index contributed by atoms with van der Waals surface area (Å²) >= 11 is -2.51. The standard InChI is InChI=1S/C16H26N2O4S/c1-11(2)9-18(10-12(3)4)14-8-6-7-13(17-23(20)21)15(14)16(19)22-5/h6-8,11-12,17H,9-10H2,1-5H3,(H,20,21)/p-1. The highest BCUT2D eigenvalue weighted by Gasteiger charge is 2.22. The van der Waals surface area contributed by atoms with Crippen LogP contribution in [0, 0.1) is 11.8 Å². The minimum Gasteiger partial charge on any atom is -0.755 e. The van der Waals surface area contributed by atoms with Gasteiger partial charge in [-0.1, -0.05) is 33.8 Å². The van der Waals surface area contributed by atoms with Crippen LogP contribution in [0.3, 0.4) is 0 Å². The monoisotopic (exact) mass is 341 g/mol. The zero-order valence-corrected chi connectivity index (χ0v) is 15.1. The number of carbonyl (C=O) groups is 1. The Balaban J connectivity index is 3.39. The number of carbonyl (C=O) groups excluding carboxylic acids is 1. The van der Waals surface area contributed by atoms with Crippen molar-refractivity contribution in [3.05, 3.63) is 23.8 Å². The summed E-state index contributed by atoms with van der Waals surface area (Å²) in [5.74, 6) is 0.222. The summed E-state index contributed by atoms with van der Waals surface area (Å²) in [6.45, 7) is 9.90. The lowest BCUT2D eigenvalue weighted by atomic mass is 10.1. The maximum Gasteiger partial charge on any atom is 0.342 e. The van der Waals surface area contributed by atoms with E-state index in [9.17, 15) is 13.6 Å². The molecule has 0 bridgehead atoms. The van der Waals surface area contributed by atoms with Crippen LogP contribution in [0.1, 0.15) is 38.1 Å². The van der Waals surface area contributed by atoms with E-state index in [0.29, 0.717) is 17.5 Å². The Morgan fingerprint density at radius 1 is 1.26 bits per heavy atom. The molecule has 0 spiro atoms. The third-order valence-corrected chi connectivity index (χ3v) is 3.52. The Kier molecular flexibility index (Phi) is 7.51. The molecular weight excluding hydrogens is 316 g/mol. The van der Waals surface area contributed by atoms with Crippen LogP contribution in [0.15, 0.2) is 18.2 Å². The van der Waals surface area contributed by atoms with Crippen molar-refractivity contribution in [2.45, 2.75) is 27.7 Å². The number of nitrogens with one attached hydrogen (secondary N) is 1. The van der Waals surface area contributed by atoms with Crippen molar-refractivity contribution < 1.29 is 18.3 Å². The first-order valence-corrected chi connectivity index (χ1v) is 8.65. The van der Waals surface area contributed by atoms with Gasteiger partial charge in [-0.3, -0.25) is 4.21 Å². The van der Waals surface area contributed by atoms with Gasteiger partial charge in [-0.2, -0.15) is 0 Å². The van der Waals surface area contributed by atoms with Crippen LogP contribution in [0.25, 0.3) is 0 Å². The number of rotatable bonds is 8. The van der Waals surface area contributed by atoms with Gasteiger partial charge in [0.05, 0.1) is 18.5 Å². The Labute approximate surface area is 140 Å². The van der Waals surface area contributed by atoms with Gasteiger partial charge in [-0.25, -0.2) is 4.79 Å². The number of ether oxygens (including phenoxy) is 1. The number of methoxy groups -OCH3 is 1. The molecule has 0 saturated carbocycles. The zero-order chi connectivity index (χ0) is 17.6. The second-order valence-electron chi connectivity index (χ2n) is 6.22. The lowest BCUT2D eigenvalue weighted by molar-refractivity contribution is 0.0602. The summed E-state index contributed by atoms with van der Waals surface area (Å²) < 4.78 is 29.1. The first kappa shape index (κ1) is 19.4. The number of nitrogens with zero attached hydrogens (tertiary/aromatic N) is 1. The minimum absolute atomic E-state index is 0.222. The number of hydrogen-bond acceptors (Lipinski definition) is 5. The van der Waals surface area contributed by atoms with E-state index in [4.69, 9.17) is 4.74 Å². The predicted molar refractivity (Wildman–Crippen MR) is 92.2 cm³/mol. The fraction of sp³-hybridized carbons (Fsp3) is 0.562. The van der Waals surface area contributed by atoms with Crippen LogP contribution < -0.4 is 9.62 Å². The van der Waals surface area contributed by atoms with Crippen molar-refractivity contribution in [2.24, 2.45) is 11.8 Å². The van der Waals surface area contributed by atoms with Gasteiger partial charge < -0.3 is 18.9 Å². The molecule has 0 aromatic heterocycles. The molecule has 6 nitrogen and oxygen atoms in total. The summed E-state index contributed by atoms with van der Waals surface area (Å²) in [5.41, 5.74) is 1.13. The van der Waals surface area contributed by atoms with Gasteiger partial charge in [-0.15, -0.1) is 0 Å². The van der Waals surface area contributed by atoms with Crippen LogP contribution in [0.2, 0.25) is 0 Å². The number of esters is 1. The van der Waals surface area contributed by atoms with Crippen LogP contribution in [-0.4, -0.2) is 34.9 Å². The molecule has 1 aromatic rings. The summed E-state index contributed by atoms with van der Waals surface area (Å²) in [5, 5.41) is 0. The molecule has 0 radical (unpaired) electrons. The second kappa shape index (κ2) is 8.88. The average Bonchev–Trinajstić information content (AvgIpc) is 2.44. The van der Waals surface area contributed by atoms with Crippen LogP contribution in [0.5, 0.6) is 0 Å². The van der Waals surface area contributed by atoms with E-state index in [2.05, 4.69) is 37.3 Å². The molecule has 130 valence electrons. The van der Waals surface area contributed by atoms with Gasteiger partial charge in [-0.05, 0) is 24.0 Å². The van der Waals surface area contributed by atoms with Gasteiger partial charge in [0.1, 0.15) is 5.56 Å². The number of benzene rings is 1. The Hall–Kier alpha value is -1.60. The molecule has 23 heavy (non-hydrogen) atoms. The largest absolute Gasteiger partial charge is 0.755 e. The summed E-state index contributed by atoms with van der Waals surface area (Å²) in [7, 11) is 1.28.